The summed E-state index contributed by atoms with van der Waals surface area (Å²) in [5, 5.41) is -0.271. The Labute approximate surface area is 185 Å². The van der Waals surface area contributed by atoms with Crippen LogP contribution in [0.25, 0.3) is 11.3 Å². The van der Waals surface area contributed by atoms with Gasteiger partial charge in [0.2, 0.25) is 0 Å². The van der Waals surface area contributed by atoms with Gasteiger partial charge in [0.1, 0.15) is 11.5 Å². The first-order chi connectivity index (χ1) is 14.7. The van der Waals surface area contributed by atoms with Crippen LogP contribution in [0.15, 0.2) is 52.9 Å². The van der Waals surface area contributed by atoms with Crippen molar-refractivity contribution in [3.8, 4) is 11.3 Å². The third kappa shape index (κ3) is 4.91. The van der Waals surface area contributed by atoms with Gasteiger partial charge in [-0.25, -0.2) is 0 Å². The number of aryl methyl sites for hydroxylation is 2. The smallest absolute Gasteiger partial charge is 0.417 e. The van der Waals surface area contributed by atoms with E-state index in [1.54, 1.807) is 6.07 Å². The average Bonchev–Trinajstić information content (AvgIpc) is 3.19. The van der Waals surface area contributed by atoms with Crippen LogP contribution in [0.4, 0.5) is 18.9 Å². The molecule has 3 nitrogen and oxygen atoms in total. The number of piperazine rings is 1. The van der Waals surface area contributed by atoms with Gasteiger partial charge in [0, 0.05) is 37.4 Å². The predicted molar refractivity (Wildman–Crippen MR) is 118 cm³/mol. The zero-order valence-electron chi connectivity index (χ0n) is 17.5. The van der Waals surface area contributed by atoms with Crippen LogP contribution < -0.4 is 4.90 Å². The number of nitrogens with zero attached hydrogens (tertiary/aromatic N) is 2. The maximum Gasteiger partial charge on any atom is 0.417 e. The number of alkyl halides is 3. The SMILES string of the molecule is Cc1ccc(-c2ccc(CN3CCN(c4ccc(Cl)c(C(F)(F)F)c4)CC3)o2)cc1C. The number of hydrogen-bond donors (Lipinski definition) is 0. The quantitative estimate of drug-likeness (QED) is 0.450. The largest absolute Gasteiger partial charge is 0.460 e. The summed E-state index contributed by atoms with van der Waals surface area (Å²) in [7, 11) is 0. The number of benzene rings is 2. The van der Waals surface area contributed by atoms with Crippen molar-refractivity contribution < 1.29 is 17.6 Å². The van der Waals surface area contributed by atoms with Gasteiger partial charge in [-0.3, -0.25) is 4.90 Å². The van der Waals surface area contributed by atoms with E-state index >= 15 is 0 Å². The Morgan fingerprint density at radius 3 is 2.32 bits per heavy atom. The minimum Gasteiger partial charge on any atom is -0.460 e. The van der Waals surface area contributed by atoms with E-state index in [4.69, 9.17) is 16.0 Å². The van der Waals surface area contributed by atoms with Gasteiger partial charge in [-0.1, -0.05) is 23.7 Å². The van der Waals surface area contributed by atoms with Gasteiger partial charge in [-0.2, -0.15) is 13.2 Å². The van der Waals surface area contributed by atoms with Crippen LogP contribution in [-0.2, 0) is 12.7 Å². The van der Waals surface area contributed by atoms with Crippen LogP contribution in [0.5, 0.6) is 0 Å². The van der Waals surface area contributed by atoms with E-state index in [0.717, 1.165) is 36.2 Å². The van der Waals surface area contributed by atoms with E-state index in [1.165, 1.54) is 17.2 Å². The fourth-order valence-electron chi connectivity index (χ4n) is 3.82. The topological polar surface area (TPSA) is 19.6 Å². The van der Waals surface area contributed by atoms with Gasteiger partial charge >= 0.3 is 6.18 Å². The molecule has 0 bridgehead atoms. The second kappa shape index (κ2) is 8.60. The first-order valence-corrected chi connectivity index (χ1v) is 10.6. The molecule has 3 aromatic rings. The van der Waals surface area contributed by atoms with Crippen molar-refractivity contribution in [2.75, 3.05) is 31.1 Å². The van der Waals surface area contributed by atoms with E-state index in [0.29, 0.717) is 25.3 Å². The molecule has 1 aliphatic rings. The zero-order chi connectivity index (χ0) is 22.2. The van der Waals surface area contributed by atoms with Gasteiger partial charge in [0.05, 0.1) is 17.1 Å². The molecule has 1 fully saturated rings. The number of halogens is 4. The molecule has 31 heavy (non-hydrogen) atoms. The molecule has 164 valence electrons. The lowest BCUT2D eigenvalue weighted by atomic mass is 10.1. The predicted octanol–water partition coefficient (Wildman–Crippen LogP) is 6.56. The molecule has 1 aromatic heterocycles. The molecule has 0 saturated carbocycles. The molecule has 0 radical (unpaired) electrons. The van der Waals surface area contributed by atoms with Gasteiger partial charge < -0.3 is 9.32 Å². The third-order valence-corrected chi connectivity index (χ3v) is 6.15. The lowest BCUT2D eigenvalue weighted by Gasteiger charge is -2.36. The molecule has 2 heterocycles. The molecule has 0 amide bonds. The highest BCUT2D eigenvalue weighted by Gasteiger charge is 2.34. The molecule has 0 aliphatic carbocycles. The Bertz CT molecular complexity index is 1070. The van der Waals surface area contributed by atoms with Crippen molar-refractivity contribution in [1.29, 1.82) is 0 Å². The Morgan fingerprint density at radius 2 is 1.65 bits per heavy atom. The van der Waals surface area contributed by atoms with Gasteiger partial charge in [-0.15, -0.1) is 0 Å². The molecular weight excluding hydrogens is 425 g/mol. The van der Waals surface area contributed by atoms with Gasteiger partial charge in [0.25, 0.3) is 0 Å². The zero-order valence-corrected chi connectivity index (χ0v) is 18.2. The standard InChI is InChI=1S/C24H24ClF3N2O/c1-16-3-4-18(13-17(16)2)23-8-6-20(31-23)15-29-9-11-30(12-10-29)19-5-7-22(25)21(14-19)24(26,27)28/h3-8,13-14H,9-12,15H2,1-2H3. The molecule has 4 rings (SSSR count). The van der Waals surface area contributed by atoms with E-state index in [1.807, 2.05) is 17.0 Å². The number of furan rings is 1. The van der Waals surface area contributed by atoms with Crippen molar-refractivity contribution in [2.45, 2.75) is 26.6 Å². The highest BCUT2D eigenvalue weighted by Crippen LogP contribution is 2.37. The summed E-state index contributed by atoms with van der Waals surface area (Å²) in [4.78, 5) is 4.21. The molecule has 0 spiro atoms. The summed E-state index contributed by atoms with van der Waals surface area (Å²) in [6.07, 6.45) is -4.46. The van der Waals surface area contributed by atoms with Crippen LogP contribution in [0.2, 0.25) is 5.02 Å². The van der Waals surface area contributed by atoms with E-state index < -0.39 is 11.7 Å². The van der Waals surface area contributed by atoms with Crippen LogP contribution in [0.3, 0.4) is 0 Å². The fourth-order valence-corrected chi connectivity index (χ4v) is 4.05. The lowest BCUT2D eigenvalue weighted by Crippen LogP contribution is -2.46. The molecule has 1 aliphatic heterocycles. The third-order valence-electron chi connectivity index (χ3n) is 5.83. The first kappa shape index (κ1) is 21.8. The van der Waals surface area contributed by atoms with E-state index in [-0.39, 0.29) is 5.02 Å². The molecule has 0 N–H and O–H groups in total. The Hall–Kier alpha value is -2.44. The molecule has 1 saturated heterocycles. The van der Waals surface area contributed by atoms with Crippen LogP contribution in [-0.4, -0.2) is 31.1 Å². The second-order valence-corrected chi connectivity index (χ2v) is 8.40. The van der Waals surface area contributed by atoms with Gasteiger partial charge in [0.15, 0.2) is 0 Å². The van der Waals surface area contributed by atoms with Crippen LogP contribution in [0, 0.1) is 13.8 Å². The average molecular weight is 449 g/mol. The van der Waals surface area contributed by atoms with Crippen LogP contribution in [0.1, 0.15) is 22.5 Å². The lowest BCUT2D eigenvalue weighted by molar-refractivity contribution is -0.137. The van der Waals surface area contributed by atoms with Crippen molar-refractivity contribution in [3.05, 3.63) is 76.0 Å². The summed E-state index contributed by atoms with van der Waals surface area (Å²) >= 11 is 5.74. The number of anilines is 1. The maximum absolute atomic E-state index is 13.1. The summed E-state index contributed by atoms with van der Waals surface area (Å²) in [5.41, 5.74) is 3.29. The number of rotatable bonds is 4. The molecule has 2 aromatic carbocycles. The number of hydrogen-bond acceptors (Lipinski definition) is 3. The molecule has 0 unspecified atom stereocenters. The Kier molecular flexibility index (Phi) is 6.04. The summed E-state index contributed by atoms with van der Waals surface area (Å²) < 4.78 is 45.5. The van der Waals surface area contributed by atoms with Crippen molar-refractivity contribution >= 4 is 17.3 Å². The Morgan fingerprint density at radius 1 is 0.903 bits per heavy atom. The van der Waals surface area contributed by atoms with Crippen molar-refractivity contribution in [2.24, 2.45) is 0 Å². The normalized spacial score (nSPS) is 15.5. The highest BCUT2D eigenvalue weighted by atomic mass is 35.5. The highest BCUT2D eigenvalue weighted by molar-refractivity contribution is 6.31. The summed E-state index contributed by atoms with van der Waals surface area (Å²) in [6, 6.07) is 14.4. The second-order valence-electron chi connectivity index (χ2n) is 7.99. The molecule has 7 heteroatoms. The van der Waals surface area contributed by atoms with E-state index in [9.17, 15) is 13.2 Å². The fraction of sp³-hybridized carbons (Fsp3) is 0.333. The van der Waals surface area contributed by atoms with E-state index in [2.05, 4.69) is 36.9 Å². The minimum absolute atomic E-state index is 0.271. The van der Waals surface area contributed by atoms with Gasteiger partial charge in [-0.05, 0) is 61.4 Å². The Balaban J connectivity index is 1.38. The van der Waals surface area contributed by atoms with Crippen LogP contribution >= 0.6 is 11.6 Å². The summed E-state index contributed by atoms with van der Waals surface area (Å²) in [6.45, 7) is 7.61. The van der Waals surface area contributed by atoms with Crippen molar-refractivity contribution in [3.63, 3.8) is 0 Å². The monoisotopic (exact) mass is 448 g/mol. The summed E-state index contributed by atoms with van der Waals surface area (Å²) in [5.74, 6) is 1.73. The first-order valence-electron chi connectivity index (χ1n) is 10.2. The molecular formula is C24H24ClF3N2O. The minimum atomic E-state index is -4.46. The molecule has 0 atom stereocenters. The maximum atomic E-state index is 13.1. The van der Waals surface area contributed by atoms with Crippen molar-refractivity contribution in [1.82, 2.24) is 4.90 Å².